The summed E-state index contributed by atoms with van der Waals surface area (Å²) in [7, 11) is 0. The highest BCUT2D eigenvalue weighted by molar-refractivity contribution is 6.29. The molecule has 4 rings (SSSR count). The smallest absolute Gasteiger partial charge is 0.259 e. The van der Waals surface area contributed by atoms with E-state index in [-0.39, 0.29) is 11.8 Å². The van der Waals surface area contributed by atoms with Gasteiger partial charge in [0.2, 0.25) is 5.91 Å². The predicted octanol–water partition coefficient (Wildman–Crippen LogP) is 2.05. The molecular formula is C17H13N3O2. The number of para-hydroxylation sites is 2. The van der Waals surface area contributed by atoms with E-state index in [4.69, 9.17) is 0 Å². The van der Waals surface area contributed by atoms with Crippen molar-refractivity contribution in [2.45, 2.75) is 6.04 Å². The Labute approximate surface area is 127 Å². The fraction of sp³-hybridized carbons (Fsp3) is 0.118. The van der Waals surface area contributed by atoms with Gasteiger partial charge in [-0.3, -0.25) is 14.6 Å². The van der Waals surface area contributed by atoms with Crippen LogP contribution in [-0.4, -0.2) is 24.1 Å². The summed E-state index contributed by atoms with van der Waals surface area (Å²) in [4.78, 5) is 26.6. The van der Waals surface area contributed by atoms with E-state index in [0.717, 1.165) is 5.69 Å². The summed E-state index contributed by atoms with van der Waals surface area (Å²) in [6.07, 6.45) is 1.57. The minimum Gasteiger partial charge on any atom is -0.273 e. The summed E-state index contributed by atoms with van der Waals surface area (Å²) in [5.41, 5.74) is 1.41. The number of hydrogen-bond acceptors (Lipinski definition) is 4. The summed E-state index contributed by atoms with van der Waals surface area (Å²) in [6, 6.07) is 17.8. The zero-order valence-corrected chi connectivity index (χ0v) is 11.7. The Balaban J connectivity index is 1.72. The zero-order chi connectivity index (χ0) is 15.1. The molecule has 2 heterocycles. The molecule has 0 aromatic heterocycles. The Morgan fingerprint density at radius 2 is 1.36 bits per heavy atom. The molecule has 5 heteroatoms. The third kappa shape index (κ3) is 1.75. The molecule has 1 saturated heterocycles. The van der Waals surface area contributed by atoms with E-state index < -0.39 is 12.0 Å². The van der Waals surface area contributed by atoms with E-state index in [9.17, 15) is 9.59 Å². The Morgan fingerprint density at radius 3 is 2.00 bits per heavy atom. The van der Waals surface area contributed by atoms with Gasteiger partial charge in [0, 0.05) is 6.21 Å². The van der Waals surface area contributed by atoms with Crippen LogP contribution in [-0.2, 0) is 9.59 Å². The molecule has 0 saturated carbocycles. The van der Waals surface area contributed by atoms with Crippen LogP contribution in [0.25, 0.3) is 0 Å². The molecule has 2 aliphatic heterocycles. The van der Waals surface area contributed by atoms with E-state index >= 15 is 0 Å². The van der Waals surface area contributed by atoms with E-state index in [1.165, 1.54) is 4.90 Å². The number of amides is 2. The SMILES string of the molecule is O=C1[C@@H]2[C@@H](C=NN2c2ccccc2)C(=O)N1c1ccccc1. The number of benzene rings is 2. The van der Waals surface area contributed by atoms with Gasteiger partial charge in [-0.2, -0.15) is 5.10 Å². The Bertz CT molecular complexity index is 758. The first-order valence-electron chi connectivity index (χ1n) is 7.08. The van der Waals surface area contributed by atoms with Crippen molar-refractivity contribution in [3.05, 3.63) is 60.7 Å². The average Bonchev–Trinajstić information content (AvgIpc) is 3.10. The van der Waals surface area contributed by atoms with Crippen LogP contribution in [0.1, 0.15) is 0 Å². The maximum Gasteiger partial charge on any atom is 0.259 e. The number of carbonyl (C=O) groups is 2. The number of hydrogen-bond donors (Lipinski definition) is 0. The van der Waals surface area contributed by atoms with Gasteiger partial charge in [0.1, 0.15) is 12.0 Å². The average molecular weight is 291 g/mol. The molecule has 2 atom stereocenters. The van der Waals surface area contributed by atoms with Crippen LogP contribution in [0, 0.1) is 5.92 Å². The van der Waals surface area contributed by atoms with Gasteiger partial charge in [-0.15, -0.1) is 0 Å². The highest BCUT2D eigenvalue weighted by Gasteiger charge is 2.53. The normalized spacial score (nSPS) is 23.3. The standard InChI is InChI=1S/C17H13N3O2/c21-16-14-11-18-20(13-9-5-2-6-10-13)15(14)17(22)19(16)12-7-3-1-4-8-12/h1-11,14-15H/t14-,15+/m1/s1. The Morgan fingerprint density at radius 1 is 0.773 bits per heavy atom. The molecule has 0 N–H and O–H groups in total. The largest absolute Gasteiger partial charge is 0.273 e. The van der Waals surface area contributed by atoms with Crippen LogP contribution < -0.4 is 9.91 Å². The molecule has 2 aromatic carbocycles. The van der Waals surface area contributed by atoms with Crippen molar-refractivity contribution in [2.75, 3.05) is 9.91 Å². The fourth-order valence-corrected chi connectivity index (χ4v) is 2.94. The lowest BCUT2D eigenvalue weighted by molar-refractivity contribution is -0.121. The van der Waals surface area contributed by atoms with Crippen molar-refractivity contribution in [2.24, 2.45) is 11.0 Å². The first-order valence-corrected chi connectivity index (χ1v) is 7.08. The second kappa shape index (κ2) is 4.80. The number of carbonyl (C=O) groups excluding carboxylic acids is 2. The quantitative estimate of drug-likeness (QED) is 0.796. The van der Waals surface area contributed by atoms with Crippen molar-refractivity contribution in [1.29, 1.82) is 0 Å². The molecule has 0 bridgehead atoms. The van der Waals surface area contributed by atoms with Crippen LogP contribution in [0.3, 0.4) is 0 Å². The maximum absolute atomic E-state index is 12.8. The van der Waals surface area contributed by atoms with E-state index in [0.29, 0.717) is 5.69 Å². The molecule has 108 valence electrons. The maximum atomic E-state index is 12.8. The third-order valence-corrected chi connectivity index (χ3v) is 3.97. The molecule has 5 nitrogen and oxygen atoms in total. The van der Waals surface area contributed by atoms with Gasteiger partial charge < -0.3 is 0 Å². The second-order valence-electron chi connectivity index (χ2n) is 5.26. The number of imide groups is 1. The van der Waals surface area contributed by atoms with Crippen molar-refractivity contribution < 1.29 is 9.59 Å². The molecular weight excluding hydrogens is 278 g/mol. The molecule has 2 aliphatic rings. The summed E-state index contributed by atoms with van der Waals surface area (Å²) in [5, 5.41) is 5.89. The fourth-order valence-electron chi connectivity index (χ4n) is 2.94. The number of hydrazone groups is 1. The highest BCUT2D eigenvalue weighted by atomic mass is 16.2. The van der Waals surface area contributed by atoms with Crippen LogP contribution in [0.2, 0.25) is 0 Å². The van der Waals surface area contributed by atoms with E-state index in [1.807, 2.05) is 48.5 Å². The lowest BCUT2D eigenvalue weighted by Gasteiger charge is -2.22. The summed E-state index contributed by atoms with van der Waals surface area (Å²) in [6.45, 7) is 0. The van der Waals surface area contributed by atoms with Crippen molar-refractivity contribution in [1.82, 2.24) is 0 Å². The predicted molar refractivity (Wildman–Crippen MR) is 83.6 cm³/mol. The van der Waals surface area contributed by atoms with Gasteiger partial charge in [0.25, 0.3) is 5.91 Å². The number of rotatable bonds is 2. The first-order chi connectivity index (χ1) is 10.8. The minimum atomic E-state index is -0.588. The highest BCUT2D eigenvalue weighted by Crippen LogP contribution is 2.34. The topological polar surface area (TPSA) is 53.0 Å². The van der Waals surface area contributed by atoms with Gasteiger partial charge in [-0.1, -0.05) is 36.4 Å². The molecule has 0 aliphatic carbocycles. The van der Waals surface area contributed by atoms with Gasteiger partial charge in [-0.05, 0) is 24.3 Å². The van der Waals surface area contributed by atoms with Crippen molar-refractivity contribution in [3.8, 4) is 0 Å². The molecule has 2 aromatic rings. The van der Waals surface area contributed by atoms with Gasteiger partial charge in [0.15, 0.2) is 0 Å². The van der Waals surface area contributed by atoms with Gasteiger partial charge in [-0.25, -0.2) is 4.90 Å². The number of nitrogens with zero attached hydrogens (tertiary/aromatic N) is 3. The summed E-state index contributed by atoms with van der Waals surface area (Å²) < 4.78 is 0. The Hall–Kier alpha value is -2.95. The minimum absolute atomic E-state index is 0.219. The molecule has 0 unspecified atom stereocenters. The lowest BCUT2D eigenvalue weighted by atomic mass is 10.1. The van der Waals surface area contributed by atoms with Crippen LogP contribution in [0.5, 0.6) is 0 Å². The summed E-state index contributed by atoms with van der Waals surface area (Å²) >= 11 is 0. The molecule has 1 fully saturated rings. The third-order valence-electron chi connectivity index (χ3n) is 3.97. The molecule has 0 radical (unpaired) electrons. The number of anilines is 2. The lowest BCUT2D eigenvalue weighted by Crippen LogP contribution is -2.39. The van der Waals surface area contributed by atoms with Crippen molar-refractivity contribution in [3.63, 3.8) is 0 Å². The van der Waals surface area contributed by atoms with Crippen molar-refractivity contribution >= 4 is 29.4 Å². The summed E-state index contributed by atoms with van der Waals surface area (Å²) in [5.74, 6) is -0.973. The first kappa shape index (κ1) is 12.8. The second-order valence-corrected chi connectivity index (χ2v) is 5.26. The van der Waals surface area contributed by atoms with Crippen LogP contribution in [0.4, 0.5) is 11.4 Å². The van der Waals surface area contributed by atoms with Gasteiger partial charge >= 0.3 is 0 Å². The molecule has 0 spiro atoms. The number of fused-ring (bicyclic) bond motifs is 1. The van der Waals surface area contributed by atoms with Gasteiger partial charge in [0.05, 0.1) is 11.4 Å². The van der Waals surface area contributed by atoms with E-state index in [1.54, 1.807) is 23.4 Å². The van der Waals surface area contributed by atoms with Crippen LogP contribution >= 0.6 is 0 Å². The monoisotopic (exact) mass is 291 g/mol. The molecule has 2 amide bonds. The van der Waals surface area contributed by atoms with Crippen LogP contribution in [0.15, 0.2) is 65.8 Å². The zero-order valence-electron chi connectivity index (χ0n) is 11.7. The van der Waals surface area contributed by atoms with E-state index in [2.05, 4.69) is 5.10 Å². The molecule has 22 heavy (non-hydrogen) atoms. The Kier molecular flexibility index (Phi) is 2.79.